The Morgan fingerprint density at radius 2 is 2.28 bits per heavy atom. The second-order valence-corrected chi connectivity index (χ2v) is 5.06. The highest BCUT2D eigenvalue weighted by Gasteiger charge is 2.25. The van der Waals surface area contributed by atoms with Gasteiger partial charge in [0.2, 0.25) is 5.91 Å². The van der Waals surface area contributed by atoms with E-state index in [1.54, 1.807) is 19.1 Å². The number of carbonyl (C=O) groups is 1. The van der Waals surface area contributed by atoms with E-state index in [1.807, 2.05) is 0 Å². The maximum atomic E-state index is 13.6. The fourth-order valence-corrected chi connectivity index (χ4v) is 2.31. The molecule has 0 radical (unpaired) electrons. The van der Waals surface area contributed by atoms with Crippen LogP contribution in [0.4, 0.5) is 10.1 Å². The van der Waals surface area contributed by atoms with Crippen LogP contribution in [0, 0.1) is 18.7 Å². The molecular weight excluding hydrogens is 231 g/mol. The van der Waals surface area contributed by atoms with E-state index in [9.17, 15) is 9.18 Å². The minimum absolute atomic E-state index is 0.144. The first-order valence-electron chi connectivity index (χ1n) is 6.37. The smallest absolute Gasteiger partial charge is 0.241 e. The van der Waals surface area contributed by atoms with Crippen molar-refractivity contribution in [3.8, 4) is 0 Å². The average Bonchev–Trinajstić information content (AvgIpc) is 2.34. The standard InChI is InChI=1S/C14H19FN2O/c1-9-6-7-16-12(8-9)14(18)17-13-10(2)4-3-5-11(13)15/h3-5,9,12,16H,6-8H2,1-2H3,(H,17,18). The lowest BCUT2D eigenvalue weighted by molar-refractivity contribution is -0.119. The molecule has 0 aromatic heterocycles. The van der Waals surface area contributed by atoms with Crippen LogP contribution < -0.4 is 10.6 Å². The third-order valence-electron chi connectivity index (χ3n) is 3.45. The van der Waals surface area contributed by atoms with Gasteiger partial charge in [0.15, 0.2) is 0 Å². The third kappa shape index (κ3) is 2.88. The van der Waals surface area contributed by atoms with Gasteiger partial charge in [-0.3, -0.25) is 4.79 Å². The first-order valence-corrected chi connectivity index (χ1v) is 6.37. The van der Waals surface area contributed by atoms with E-state index in [4.69, 9.17) is 0 Å². The summed E-state index contributed by atoms with van der Waals surface area (Å²) in [6.45, 7) is 4.76. The van der Waals surface area contributed by atoms with Crippen molar-refractivity contribution in [3.05, 3.63) is 29.6 Å². The van der Waals surface area contributed by atoms with Crippen molar-refractivity contribution < 1.29 is 9.18 Å². The summed E-state index contributed by atoms with van der Waals surface area (Å²) in [5.74, 6) is 0.00525. The third-order valence-corrected chi connectivity index (χ3v) is 3.45. The Morgan fingerprint density at radius 3 is 2.94 bits per heavy atom. The quantitative estimate of drug-likeness (QED) is 0.846. The topological polar surface area (TPSA) is 41.1 Å². The first-order chi connectivity index (χ1) is 8.58. The molecule has 0 aliphatic carbocycles. The molecule has 1 heterocycles. The lowest BCUT2D eigenvalue weighted by atomic mass is 9.94. The summed E-state index contributed by atoms with van der Waals surface area (Å²) >= 11 is 0. The number of benzene rings is 1. The number of para-hydroxylation sites is 1. The Hall–Kier alpha value is -1.42. The molecule has 1 aliphatic rings. The van der Waals surface area contributed by atoms with E-state index in [2.05, 4.69) is 17.6 Å². The van der Waals surface area contributed by atoms with E-state index in [-0.39, 0.29) is 17.8 Å². The van der Waals surface area contributed by atoms with Gasteiger partial charge in [-0.05, 0) is 43.9 Å². The molecule has 0 spiro atoms. The zero-order valence-electron chi connectivity index (χ0n) is 10.8. The van der Waals surface area contributed by atoms with Crippen molar-refractivity contribution in [2.45, 2.75) is 32.7 Å². The summed E-state index contributed by atoms with van der Waals surface area (Å²) in [6.07, 6.45) is 1.89. The lowest BCUT2D eigenvalue weighted by Gasteiger charge is -2.27. The van der Waals surface area contributed by atoms with Crippen LogP contribution in [0.1, 0.15) is 25.3 Å². The highest BCUT2D eigenvalue weighted by Crippen LogP contribution is 2.21. The minimum Gasteiger partial charge on any atom is -0.322 e. The highest BCUT2D eigenvalue weighted by molar-refractivity contribution is 5.95. The molecule has 1 amide bonds. The second-order valence-electron chi connectivity index (χ2n) is 5.06. The van der Waals surface area contributed by atoms with Crippen LogP contribution >= 0.6 is 0 Å². The molecule has 3 nitrogen and oxygen atoms in total. The van der Waals surface area contributed by atoms with Crippen molar-refractivity contribution in [1.82, 2.24) is 5.32 Å². The molecule has 2 N–H and O–H groups in total. The van der Waals surface area contributed by atoms with Gasteiger partial charge in [0.05, 0.1) is 11.7 Å². The minimum atomic E-state index is -0.382. The van der Waals surface area contributed by atoms with Gasteiger partial charge in [0, 0.05) is 0 Å². The van der Waals surface area contributed by atoms with Crippen LogP contribution in [-0.4, -0.2) is 18.5 Å². The molecule has 1 fully saturated rings. The van der Waals surface area contributed by atoms with Gasteiger partial charge in [-0.15, -0.1) is 0 Å². The van der Waals surface area contributed by atoms with Crippen molar-refractivity contribution in [1.29, 1.82) is 0 Å². The molecule has 2 atom stereocenters. The summed E-state index contributed by atoms with van der Waals surface area (Å²) in [5.41, 5.74) is 1.04. The van der Waals surface area contributed by atoms with Crippen molar-refractivity contribution in [3.63, 3.8) is 0 Å². The Bertz CT molecular complexity index is 427. The molecule has 1 aliphatic heterocycles. The molecule has 1 aromatic rings. The molecule has 1 aromatic carbocycles. The predicted octanol–water partition coefficient (Wildman–Crippen LogP) is 2.46. The Kier molecular flexibility index (Phi) is 3.97. The molecule has 4 heteroatoms. The zero-order valence-corrected chi connectivity index (χ0v) is 10.8. The summed E-state index contributed by atoms with van der Waals surface area (Å²) in [7, 11) is 0. The number of carbonyl (C=O) groups excluding carboxylic acids is 1. The van der Waals surface area contributed by atoms with Crippen LogP contribution in [0.2, 0.25) is 0 Å². The van der Waals surface area contributed by atoms with Crippen LogP contribution in [0.25, 0.3) is 0 Å². The predicted molar refractivity (Wildman–Crippen MR) is 70.0 cm³/mol. The van der Waals surface area contributed by atoms with Gasteiger partial charge >= 0.3 is 0 Å². The maximum absolute atomic E-state index is 13.6. The largest absolute Gasteiger partial charge is 0.322 e. The SMILES string of the molecule is Cc1cccc(F)c1NC(=O)C1CC(C)CCN1. The van der Waals surface area contributed by atoms with E-state index < -0.39 is 0 Å². The van der Waals surface area contributed by atoms with Gasteiger partial charge in [0.1, 0.15) is 5.82 Å². The molecule has 2 unspecified atom stereocenters. The van der Waals surface area contributed by atoms with Crippen LogP contribution in [-0.2, 0) is 4.79 Å². The molecular formula is C14H19FN2O. The van der Waals surface area contributed by atoms with E-state index in [1.165, 1.54) is 6.07 Å². The van der Waals surface area contributed by atoms with Crippen LogP contribution in [0.5, 0.6) is 0 Å². The van der Waals surface area contributed by atoms with E-state index in [0.29, 0.717) is 11.6 Å². The number of nitrogens with one attached hydrogen (secondary N) is 2. The number of hydrogen-bond donors (Lipinski definition) is 2. The van der Waals surface area contributed by atoms with Gasteiger partial charge < -0.3 is 10.6 Å². The summed E-state index contributed by atoms with van der Waals surface area (Å²) in [4.78, 5) is 12.1. The average molecular weight is 250 g/mol. The number of piperidine rings is 1. The van der Waals surface area contributed by atoms with Crippen LogP contribution in [0.3, 0.4) is 0 Å². The number of anilines is 1. The molecule has 0 bridgehead atoms. The van der Waals surface area contributed by atoms with E-state index >= 15 is 0 Å². The van der Waals surface area contributed by atoms with Gasteiger partial charge in [-0.1, -0.05) is 19.1 Å². The number of rotatable bonds is 2. The van der Waals surface area contributed by atoms with E-state index in [0.717, 1.165) is 24.9 Å². The Balaban J connectivity index is 2.07. The monoisotopic (exact) mass is 250 g/mol. The molecule has 0 saturated carbocycles. The Labute approximate surface area is 107 Å². The van der Waals surface area contributed by atoms with Gasteiger partial charge in [-0.2, -0.15) is 0 Å². The molecule has 98 valence electrons. The number of amides is 1. The fourth-order valence-electron chi connectivity index (χ4n) is 2.31. The van der Waals surface area contributed by atoms with Crippen LogP contribution in [0.15, 0.2) is 18.2 Å². The van der Waals surface area contributed by atoms with Gasteiger partial charge in [0.25, 0.3) is 0 Å². The number of aryl methyl sites for hydroxylation is 1. The number of halogens is 1. The van der Waals surface area contributed by atoms with Crippen molar-refractivity contribution in [2.75, 3.05) is 11.9 Å². The van der Waals surface area contributed by atoms with Crippen molar-refractivity contribution in [2.24, 2.45) is 5.92 Å². The second kappa shape index (κ2) is 5.48. The summed E-state index contributed by atoms with van der Waals surface area (Å²) in [6, 6.07) is 4.57. The van der Waals surface area contributed by atoms with Crippen molar-refractivity contribution >= 4 is 11.6 Å². The fraction of sp³-hybridized carbons (Fsp3) is 0.500. The number of hydrogen-bond acceptors (Lipinski definition) is 2. The Morgan fingerprint density at radius 1 is 1.50 bits per heavy atom. The summed E-state index contributed by atoms with van der Waals surface area (Å²) < 4.78 is 13.6. The lowest BCUT2D eigenvalue weighted by Crippen LogP contribution is -2.45. The first kappa shape index (κ1) is 13.0. The normalized spacial score (nSPS) is 23.7. The molecule has 2 rings (SSSR count). The zero-order chi connectivity index (χ0) is 13.1. The molecule has 1 saturated heterocycles. The summed E-state index contributed by atoms with van der Waals surface area (Å²) in [5, 5.41) is 5.87. The maximum Gasteiger partial charge on any atom is 0.241 e. The highest BCUT2D eigenvalue weighted by atomic mass is 19.1. The van der Waals surface area contributed by atoms with Gasteiger partial charge in [-0.25, -0.2) is 4.39 Å². The molecule has 18 heavy (non-hydrogen) atoms.